The van der Waals surface area contributed by atoms with Gasteiger partial charge in [-0.2, -0.15) is 0 Å². The Morgan fingerprint density at radius 2 is 1.64 bits per heavy atom. The van der Waals surface area contributed by atoms with Crippen molar-refractivity contribution in [2.45, 2.75) is 36.0 Å². The molecule has 0 spiro atoms. The number of hydrogen-bond donors (Lipinski definition) is 0. The van der Waals surface area contributed by atoms with Crippen molar-refractivity contribution in [1.29, 1.82) is 0 Å². The van der Waals surface area contributed by atoms with E-state index in [9.17, 15) is 0 Å². The predicted molar refractivity (Wildman–Crippen MR) is 108 cm³/mol. The Hall–Kier alpha value is -1.42. The van der Waals surface area contributed by atoms with E-state index in [-0.39, 0.29) is 4.75 Å². The number of aryl methyl sites for hydroxylation is 1. The van der Waals surface area contributed by atoms with E-state index in [1.54, 1.807) is 0 Å². The first-order chi connectivity index (χ1) is 12.0. The van der Waals surface area contributed by atoms with Gasteiger partial charge in [0.25, 0.3) is 0 Å². The van der Waals surface area contributed by atoms with Gasteiger partial charge in [0.1, 0.15) is 0 Å². The summed E-state index contributed by atoms with van der Waals surface area (Å²) in [5.74, 6) is 0. The summed E-state index contributed by atoms with van der Waals surface area (Å²) in [6.45, 7) is 3.20. The van der Waals surface area contributed by atoms with E-state index in [2.05, 4.69) is 40.7 Å². The highest BCUT2D eigenvalue weighted by atomic mass is 35.5. The lowest BCUT2D eigenvalue weighted by Crippen LogP contribution is -2.27. The minimum Gasteiger partial charge on any atom is -0.336 e. The lowest BCUT2D eigenvalue weighted by molar-refractivity contribution is 0.495. The van der Waals surface area contributed by atoms with Gasteiger partial charge in [-0.1, -0.05) is 35.3 Å². The highest BCUT2D eigenvalue weighted by Gasteiger charge is 2.26. The van der Waals surface area contributed by atoms with Crippen LogP contribution < -0.4 is 0 Å². The molecule has 3 aromatic rings. The minimum absolute atomic E-state index is 0.0359. The first kappa shape index (κ1) is 18.4. The minimum atomic E-state index is 0.0359. The molecule has 0 aliphatic rings. The van der Waals surface area contributed by atoms with Gasteiger partial charge in [-0.15, -0.1) is 11.8 Å². The molecule has 0 bridgehead atoms. The van der Waals surface area contributed by atoms with Crippen molar-refractivity contribution in [2.24, 2.45) is 0 Å². The van der Waals surface area contributed by atoms with Crippen molar-refractivity contribution in [1.82, 2.24) is 9.55 Å². The third-order valence-electron chi connectivity index (χ3n) is 4.11. The van der Waals surface area contributed by atoms with Gasteiger partial charge >= 0.3 is 0 Å². The molecular weight excluding hydrogens is 371 g/mol. The van der Waals surface area contributed by atoms with Gasteiger partial charge < -0.3 is 4.57 Å². The molecule has 25 heavy (non-hydrogen) atoms. The smallest absolute Gasteiger partial charge is 0.0946 e. The highest BCUT2D eigenvalue weighted by Crippen LogP contribution is 2.38. The van der Waals surface area contributed by atoms with Crippen LogP contribution in [0.25, 0.3) is 0 Å². The molecule has 1 aromatic heterocycles. The second-order valence-corrected chi connectivity index (χ2v) is 8.90. The Balaban J connectivity index is 1.75. The van der Waals surface area contributed by atoms with E-state index >= 15 is 0 Å². The van der Waals surface area contributed by atoms with Gasteiger partial charge in [0.15, 0.2) is 0 Å². The molecule has 1 unspecified atom stereocenters. The van der Waals surface area contributed by atoms with Gasteiger partial charge in [-0.3, -0.25) is 0 Å². The van der Waals surface area contributed by atoms with Crippen LogP contribution in [0.3, 0.4) is 0 Å². The Bertz CT molecular complexity index is 786. The van der Waals surface area contributed by atoms with E-state index in [1.165, 1.54) is 10.5 Å². The summed E-state index contributed by atoms with van der Waals surface area (Å²) in [6, 6.07) is 16.2. The first-order valence-corrected chi connectivity index (χ1v) is 9.74. The monoisotopic (exact) mass is 390 g/mol. The van der Waals surface area contributed by atoms with Crippen LogP contribution >= 0.6 is 35.0 Å². The molecule has 0 saturated carbocycles. The fourth-order valence-corrected chi connectivity index (χ4v) is 4.29. The molecule has 2 aromatic carbocycles. The van der Waals surface area contributed by atoms with Crippen molar-refractivity contribution in [3.8, 4) is 0 Å². The number of benzene rings is 2. The summed E-state index contributed by atoms with van der Waals surface area (Å²) >= 11 is 13.9. The molecule has 0 N–H and O–H groups in total. The van der Waals surface area contributed by atoms with Crippen LogP contribution in [0.4, 0.5) is 0 Å². The van der Waals surface area contributed by atoms with Crippen LogP contribution in [0, 0.1) is 0 Å². The van der Waals surface area contributed by atoms with Crippen LogP contribution in [0.5, 0.6) is 0 Å². The molecule has 0 aliphatic heterocycles. The number of aromatic nitrogens is 2. The normalized spacial score (nSPS) is 13.6. The molecule has 1 atom stereocenters. The fourth-order valence-electron chi connectivity index (χ4n) is 2.78. The van der Waals surface area contributed by atoms with Gasteiger partial charge in [0.2, 0.25) is 0 Å². The Labute approximate surface area is 163 Å². The van der Waals surface area contributed by atoms with E-state index in [0.717, 1.165) is 29.4 Å². The summed E-state index contributed by atoms with van der Waals surface area (Å²) in [4.78, 5) is 5.40. The summed E-state index contributed by atoms with van der Waals surface area (Å²) in [7, 11) is 0. The summed E-state index contributed by atoms with van der Waals surface area (Å²) in [6.07, 6.45) is 7.77. The van der Waals surface area contributed by atoms with Crippen LogP contribution in [-0.4, -0.2) is 14.3 Å². The van der Waals surface area contributed by atoms with Crippen LogP contribution in [0.2, 0.25) is 10.0 Å². The van der Waals surface area contributed by atoms with Crippen LogP contribution in [0.1, 0.15) is 18.9 Å². The third-order valence-corrected chi connectivity index (χ3v) is 5.95. The number of thioether (sulfide) groups is 1. The molecule has 3 rings (SSSR count). The molecule has 0 fully saturated rings. The number of nitrogens with zero attached hydrogens (tertiary/aromatic N) is 2. The molecule has 1 heterocycles. The summed E-state index contributed by atoms with van der Waals surface area (Å²) in [5, 5.41) is 1.54. The standard InChI is InChI=1S/C20H20Cl2N2S/c1-20(14-24-13-12-23-15-24,25-19-8-6-18(22)7-9-19)11-10-16-2-4-17(21)5-3-16/h2-9,12-13,15H,10-11,14H2,1H3. The Morgan fingerprint density at radius 3 is 2.24 bits per heavy atom. The molecule has 0 saturated heterocycles. The largest absolute Gasteiger partial charge is 0.336 e. The van der Waals surface area contributed by atoms with Crippen LogP contribution in [-0.2, 0) is 13.0 Å². The van der Waals surface area contributed by atoms with Gasteiger partial charge in [-0.05, 0) is 61.7 Å². The summed E-state index contributed by atoms with van der Waals surface area (Å²) in [5.41, 5.74) is 1.30. The molecule has 5 heteroatoms. The maximum atomic E-state index is 6.02. The second kappa shape index (κ2) is 8.31. The maximum absolute atomic E-state index is 6.02. The lowest BCUT2D eigenvalue weighted by atomic mass is 10.00. The van der Waals surface area contributed by atoms with Crippen LogP contribution in [0.15, 0.2) is 72.1 Å². The summed E-state index contributed by atoms with van der Waals surface area (Å²) < 4.78 is 2.18. The molecule has 0 aliphatic carbocycles. The van der Waals surface area contributed by atoms with Crippen molar-refractivity contribution < 1.29 is 0 Å². The number of imidazole rings is 1. The zero-order valence-electron chi connectivity index (χ0n) is 14.0. The average molecular weight is 391 g/mol. The van der Waals surface area contributed by atoms with E-state index in [1.807, 2.05) is 54.7 Å². The molecule has 0 amide bonds. The molecule has 2 nitrogen and oxygen atoms in total. The lowest BCUT2D eigenvalue weighted by Gasteiger charge is -2.30. The zero-order chi connectivity index (χ0) is 17.7. The number of hydrogen-bond acceptors (Lipinski definition) is 2. The topological polar surface area (TPSA) is 17.8 Å². The van der Waals surface area contributed by atoms with E-state index in [4.69, 9.17) is 23.2 Å². The van der Waals surface area contributed by atoms with Crippen molar-refractivity contribution in [3.05, 3.63) is 82.9 Å². The maximum Gasteiger partial charge on any atom is 0.0946 e. The fraction of sp³-hybridized carbons (Fsp3) is 0.250. The second-order valence-electron chi connectivity index (χ2n) is 6.37. The van der Waals surface area contributed by atoms with Crippen molar-refractivity contribution >= 4 is 35.0 Å². The van der Waals surface area contributed by atoms with Gasteiger partial charge in [-0.25, -0.2) is 4.98 Å². The average Bonchev–Trinajstić information content (AvgIpc) is 3.09. The number of halogens is 2. The van der Waals surface area contributed by atoms with Crippen molar-refractivity contribution in [3.63, 3.8) is 0 Å². The first-order valence-electron chi connectivity index (χ1n) is 8.17. The predicted octanol–water partition coefficient (Wildman–Crippen LogP) is 6.37. The third kappa shape index (κ3) is 5.53. The SMILES string of the molecule is CC(CCc1ccc(Cl)cc1)(Cn1ccnc1)Sc1ccc(Cl)cc1. The number of rotatable bonds is 7. The zero-order valence-corrected chi connectivity index (χ0v) is 16.4. The molecule has 0 radical (unpaired) electrons. The Kier molecular flexibility index (Phi) is 6.10. The highest BCUT2D eigenvalue weighted by molar-refractivity contribution is 8.00. The van der Waals surface area contributed by atoms with E-state index in [0.29, 0.717) is 0 Å². The molecule has 130 valence electrons. The van der Waals surface area contributed by atoms with Crippen molar-refractivity contribution in [2.75, 3.05) is 0 Å². The molecular formula is C20H20Cl2N2S. The van der Waals surface area contributed by atoms with E-state index < -0.39 is 0 Å². The van der Waals surface area contributed by atoms with Gasteiger partial charge in [0.05, 0.1) is 6.33 Å². The van der Waals surface area contributed by atoms with Gasteiger partial charge in [0, 0.05) is 38.6 Å². The Morgan fingerprint density at radius 1 is 1.00 bits per heavy atom. The quantitative estimate of drug-likeness (QED) is 0.435.